The van der Waals surface area contributed by atoms with E-state index in [0.717, 1.165) is 24.8 Å². The van der Waals surface area contributed by atoms with Crippen LogP contribution in [0.1, 0.15) is 59.8 Å². The molecule has 0 aliphatic heterocycles. The minimum absolute atomic E-state index is 0.0679. The van der Waals surface area contributed by atoms with E-state index in [-0.39, 0.29) is 10.5 Å². The van der Waals surface area contributed by atoms with Crippen molar-refractivity contribution in [1.82, 2.24) is 0 Å². The predicted molar refractivity (Wildman–Crippen MR) is 90.9 cm³/mol. The standard InChI is InChI=1S/C18H29NO2Si/c1-16(2,3)22(5,6)21-18(13-19)11-10-17(4)14(12-18)8-7-9-15(17)20/h12H,7-11H2,1-6H3/t17-,18+/m0/s1. The Morgan fingerprint density at radius 1 is 1.27 bits per heavy atom. The normalized spacial score (nSPS) is 33.0. The van der Waals surface area contributed by atoms with Gasteiger partial charge in [-0.3, -0.25) is 4.79 Å². The molecule has 3 nitrogen and oxygen atoms in total. The van der Waals surface area contributed by atoms with Gasteiger partial charge in [0, 0.05) is 11.8 Å². The van der Waals surface area contributed by atoms with Crippen molar-refractivity contribution in [3.8, 4) is 6.07 Å². The maximum Gasteiger partial charge on any atom is 0.194 e. The van der Waals surface area contributed by atoms with E-state index in [0.29, 0.717) is 18.6 Å². The molecule has 2 aliphatic rings. The molecule has 0 saturated heterocycles. The minimum Gasteiger partial charge on any atom is -0.396 e. The van der Waals surface area contributed by atoms with Gasteiger partial charge in [-0.05, 0) is 56.8 Å². The second-order valence-electron chi connectivity index (χ2n) is 8.64. The average Bonchev–Trinajstić information content (AvgIpc) is 2.40. The van der Waals surface area contributed by atoms with Crippen LogP contribution in [-0.4, -0.2) is 19.7 Å². The van der Waals surface area contributed by atoms with Crippen LogP contribution < -0.4 is 0 Å². The van der Waals surface area contributed by atoms with Crippen molar-refractivity contribution in [2.45, 2.75) is 83.5 Å². The number of Topliss-reactive ketones (excluding diaryl/α,β-unsaturated/α-hetero) is 1. The Kier molecular flexibility index (Phi) is 4.21. The number of fused-ring (bicyclic) bond motifs is 1. The number of hydrogen-bond acceptors (Lipinski definition) is 3. The lowest BCUT2D eigenvalue weighted by Gasteiger charge is -2.47. The molecule has 0 aromatic carbocycles. The van der Waals surface area contributed by atoms with Gasteiger partial charge in [0.25, 0.3) is 0 Å². The summed E-state index contributed by atoms with van der Waals surface area (Å²) in [6, 6.07) is 2.44. The second kappa shape index (κ2) is 5.32. The van der Waals surface area contributed by atoms with Crippen molar-refractivity contribution in [2.24, 2.45) is 5.41 Å². The minimum atomic E-state index is -2.04. The van der Waals surface area contributed by atoms with E-state index >= 15 is 0 Å². The molecule has 22 heavy (non-hydrogen) atoms. The summed E-state index contributed by atoms with van der Waals surface area (Å²) in [7, 11) is -2.04. The highest BCUT2D eigenvalue weighted by Gasteiger charge is 2.50. The van der Waals surface area contributed by atoms with Crippen LogP contribution in [-0.2, 0) is 9.22 Å². The molecule has 0 heterocycles. The fourth-order valence-corrected chi connectivity index (χ4v) is 4.71. The Labute approximate surface area is 135 Å². The summed E-state index contributed by atoms with van der Waals surface area (Å²) in [4.78, 5) is 12.3. The summed E-state index contributed by atoms with van der Waals surface area (Å²) in [5.74, 6) is 0.337. The van der Waals surface area contributed by atoms with Gasteiger partial charge in [-0.2, -0.15) is 5.26 Å². The SMILES string of the molecule is CC(C)(C)[Si](C)(C)O[C@@]1(C#N)C=C2CCCC(=O)[C@@]2(C)CC1. The summed E-state index contributed by atoms with van der Waals surface area (Å²) in [5.41, 5.74) is -0.0551. The van der Waals surface area contributed by atoms with Crippen molar-refractivity contribution in [3.63, 3.8) is 0 Å². The first-order chi connectivity index (χ1) is 9.96. The molecule has 2 atom stereocenters. The predicted octanol–water partition coefficient (Wildman–Crippen LogP) is 4.75. The Balaban J connectivity index is 2.38. The van der Waals surface area contributed by atoms with Gasteiger partial charge in [0.1, 0.15) is 11.9 Å². The Morgan fingerprint density at radius 3 is 2.45 bits per heavy atom. The zero-order chi connectivity index (χ0) is 16.8. The van der Waals surface area contributed by atoms with E-state index in [1.165, 1.54) is 0 Å². The van der Waals surface area contributed by atoms with Gasteiger partial charge < -0.3 is 4.43 Å². The topological polar surface area (TPSA) is 50.1 Å². The zero-order valence-electron chi connectivity index (χ0n) is 14.9. The quantitative estimate of drug-likeness (QED) is 0.545. The first kappa shape index (κ1) is 17.4. The van der Waals surface area contributed by atoms with Crippen LogP contribution in [0.5, 0.6) is 0 Å². The van der Waals surface area contributed by atoms with Crippen molar-refractivity contribution < 1.29 is 9.22 Å². The monoisotopic (exact) mass is 319 g/mol. The third-order valence-electron chi connectivity index (χ3n) is 6.01. The Bertz CT molecular complexity index is 552. The summed E-state index contributed by atoms with van der Waals surface area (Å²) in [6.07, 6.45) is 5.88. The molecular weight excluding hydrogens is 290 g/mol. The Morgan fingerprint density at radius 2 is 1.91 bits per heavy atom. The van der Waals surface area contributed by atoms with Crippen molar-refractivity contribution in [1.29, 1.82) is 5.26 Å². The largest absolute Gasteiger partial charge is 0.396 e. The highest BCUT2D eigenvalue weighted by molar-refractivity contribution is 6.74. The molecule has 0 aromatic rings. The molecule has 122 valence electrons. The fraction of sp³-hybridized carbons (Fsp3) is 0.778. The van der Waals surface area contributed by atoms with Crippen molar-refractivity contribution in [3.05, 3.63) is 11.6 Å². The van der Waals surface area contributed by atoms with Crippen LogP contribution in [0.3, 0.4) is 0 Å². The molecule has 2 aliphatic carbocycles. The molecule has 4 heteroatoms. The molecule has 1 fully saturated rings. The van der Waals surface area contributed by atoms with E-state index in [2.05, 4.69) is 39.9 Å². The van der Waals surface area contributed by atoms with Gasteiger partial charge in [-0.1, -0.05) is 26.3 Å². The molecule has 0 radical (unpaired) electrons. The average molecular weight is 320 g/mol. The van der Waals surface area contributed by atoms with E-state index in [1.807, 2.05) is 13.0 Å². The summed E-state index contributed by atoms with van der Waals surface area (Å²) in [6.45, 7) is 13.0. The number of carbonyl (C=O) groups excluding carboxylic acids is 1. The summed E-state index contributed by atoms with van der Waals surface area (Å²) >= 11 is 0. The van der Waals surface area contributed by atoms with Gasteiger partial charge in [0.2, 0.25) is 0 Å². The lowest BCUT2D eigenvalue weighted by atomic mass is 9.63. The Hall–Kier alpha value is -0.923. The zero-order valence-corrected chi connectivity index (χ0v) is 15.9. The highest BCUT2D eigenvalue weighted by atomic mass is 28.4. The number of allylic oxidation sites excluding steroid dienone is 1. The number of nitriles is 1. The van der Waals surface area contributed by atoms with Crippen molar-refractivity contribution >= 4 is 14.1 Å². The molecule has 0 aromatic heterocycles. The summed E-state index contributed by atoms with van der Waals surface area (Å²) < 4.78 is 6.50. The second-order valence-corrected chi connectivity index (χ2v) is 13.4. The first-order valence-corrected chi connectivity index (χ1v) is 11.2. The maximum atomic E-state index is 12.3. The maximum absolute atomic E-state index is 12.3. The van der Waals surface area contributed by atoms with Crippen LogP contribution in [0.2, 0.25) is 18.1 Å². The number of nitrogens with zero attached hydrogens (tertiary/aromatic N) is 1. The van der Waals surface area contributed by atoms with E-state index in [9.17, 15) is 10.1 Å². The van der Waals surface area contributed by atoms with Crippen LogP contribution in [0, 0.1) is 16.7 Å². The number of rotatable bonds is 2. The van der Waals surface area contributed by atoms with Crippen LogP contribution in [0.15, 0.2) is 11.6 Å². The number of carbonyl (C=O) groups is 1. The number of ketones is 1. The van der Waals surface area contributed by atoms with Gasteiger partial charge in [-0.25, -0.2) is 0 Å². The van der Waals surface area contributed by atoms with Gasteiger partial charge in [0.15, 0.2) is 13.9 Å². The van der Waals surface area contributed by atoms with Gasteiger partial charge in [-0.15, -0.1) is 0 Å². The molecule has 0 unspecified atom stereocenters. The molecule has 0 N–H and O–H groups in total. The molecule has 0 bridgehead atoms. The van der Waals surface area contributed by atoms with Crippen LogP contribution in [0.4, 0.5) is 0 Å². The van der Waals surface area contributed by atoms with Crippen LogP contribution >= 0.6 is 0 Å². The molecular formula is C18H29NO2Si. The smallest absolute Gasteiger partial charge is 0.194 e. The number of hydrogen-bond donors (Lipinski definition) is 0. The molecule has 2 rings (SSSR count). The van der Waals surface area contributed by atoms with E-state index in [4.69, 9.17) is 4.43 Å². The van der Waals surface area contributed by atoms with E-state index < -0.39 is 13.9 Å². The first-order valence-electron chi connectivity index (χ1n) is 8.33. The van der Waals surface area contributed by atoms with E-state index in [1.54, 1.807) is 0 Å². The lowest BCUT2D eigenvalue weighted by Crippen LogP contribution is -2.51. The molecule has 1 saturated carbocycles. The summed E-state index contributed by atoms with van der Waals surface area (Å²) in [5, 5.41) is 9.90. The fourth-order valence-electron chi connectivity index (χ4n) is 3.29. The molecule has 0 spiro atoms. The molecule has 0 amide bonds. The third kappa shape index (κ3) is 2.81. The van der Waals surface area contributed by atoms with Crippen LogP contribution in [0.25, 0.3) is 0 Å². The van der Waals surface area contributed by atoms with Gasteiger partial charge >= 0.3 is 0 Å². The highest BCUT2D eigenvalue weighted by Crippen LogP contribution is 2.50. The van der Waals surface area contributed by atoms with Gasteiger partial charge in [0.05, 0.1) is 0 Å². The lowest BCUT2D eigenvalue weighted by molar-refractivity contribution is -0.128. The third-order valence-corrected chi connectivity index (χ3v) is 10.5. The van der Waals surface area contributed by atoms with Crippen molar-refractivity contribution in [2.75, 3.05) is 0 Å².